The third-order valence-corrected chi connectivity index (χ3v) is 4.19. The number of ether oxygens (including phenoxy) is 2. The molecule has 0 aliphatic carbocycles. The minimum Gasteiger partial charge on any atom is -0.497 e. The summed E-state index contributed by atoms with van der Waals surface area (Å²) in [5, 5.41) is 16.8. The van der Waals surface area contributed by atoms with Gasteiger partial charge in [-0.2, -0.15) is 8.78 Å². The minimum atomic E-state index is -2.94. The second-order valence-corrected chi connectivity index (χ2v) is 6.43. The van der Waals surface area contributed by atoms with E-state index in [4.69, 9.17) is 16.3 Å². The Kier molecular flexibility index (Phi) is 11.7. The maximum Gasteiger partial charge on any atom is 0.387 e. The van der Waals surface area contributed by atoms with E-state index in [1.54, 1.807) is 31.4 Å². The van der Waals surface area contributed by atoms with Crippen molar-refractivity contribution in [3.05, 3.63) is 58.6 Å². The van der Waals surface area contributed by atoms with E-state index in [1.807, 2.05) is 6.92 Å². The zero-order chi connectivity index (χ0) is 21.2. The van der Waals surface area contributed by atoms with Gasteiger partial charge in [0, 0.05) is 23.7 Å². The summed E-state index contributed by atoms with van der Waals surface area (Å²) in [6.45, 7) is -0.197. The molecule has 6 nitrogen and oxygen atoms in total. The first kappa shape index (κ1) is 26.2. The summed E-state index contributed by atoms with van der Waals surface area (Å²) in [7, 11) is 1.57. The van der Waals surface area contributed by atoms with Gasteiger partial charge in [-0.3, -0.25) is 0 Å². The topological polar surface area (TPSA) is 75.1 Å². The summed E-state index contributed by atoms with van der Waals surface area (Å²) in [5.74, 6) is 1.14. The SMILES string of the molecule is CCNC(=NCc1cc(Cl)ccc1OC(F)F)NCC(O)c1ccc(OC)cc1.I. The van der Waals surface area contributed by atoms with E-state index in [0.717, 1.165) is 5.56 Å². The lowest BCUT2D eigenvalue weighted by molar-refractivity contribution is -0.0504. The van der Waals surface area contributed by atoms with Crippen LogP contribution in [0.1, 0.15) is 24.2 Å². The molecular weight excluding hydrogens is 531 g/mol. The summed E-state index contributed by atoms with van der Waals surface area (Å²) in [4.78, 5) is 4.37. The Labute approximate surface area is 196 Å². The molecular formula is C20H25ClF2IN3O3. The zero-order valence-electron chi connectivity index (χ0n) is 16.6. The number of alkyl halides is 2. The molecule has 0 saturated heterocycles. The van der Waals surface area contributed by atoms with E-state index >= 15 is 0 Å². The smallest absolute Gasteiger partial charge is 0.387 e. The first-order valence-corrected chi connectivity index (χ1v) is 9.38. The van der Waals surface area contributed by atoms with Crippen LogP contribution in [-0.4, -0.2) is 37.9 Å². The molecule has 0 amide bonds. The number of aliphatic hydroxyl groups is 1. The highest BCUT2D eigenvalue weighted by Crippen LogP contribution is 2.25. The summed E-state index contributed by atoms with van der Waals surface area (Å²) in [5.41, 5.74) is 1.14. The van der Waals surface area contributed by atoms with Crippen LogP contribution in [0.2, 0.25) is 5.02 Å². The Bertz CT molecular complexity index is 810. The van der Waals surface area contributed by atoms with Crippen LogP contribution in [0.15, 0.2) is 47.5 Å². The van der Waals surface area contributed by atoms with Gasteiger partial charge in [0.15, 0.2) is 5.96 Å². The van der Waals surface area contributed by atoms with Crippen LogP contribution in [0.3, 0.4) is 0 Å². The monoisotopic (exact) mass is 555 g/mol. The van der Waals surface area contributed by atoms with E-state index < -0.39 is 12.7 Å². The number of rotatable bonds is 9. The zero-order valence-corrected chi connectivity index (χ0v) is 19.7. The molecule has 0 aromatic heterocycles. The van der Waals surface area contributed by atoms with Gasteiger partial charge in [-0.1, -0.05) is 23.7 Å². The van der Waals surface area contributed by atoms with Crippen molar-refractivity contribution in [3.63, 3.8) is 0 Å². The standard InChI is InChI=1S/C20H24ClF2N3O3.HI/c1-3-24-20(26-12-17(27)13-4-7-16(28-2)8-5-13)25-11-14-10-15(21)6-9-18(14)29-19(22)23;/h4-10,17,19,27H,3,11-12H2,1-2H3,(H2,24,25,26);1H. The predicted octanol–water partition coefficient (Wildman–Crippen LogP) is 4.36. The molecule has 10 heteroatoms. The maximum atomic E-state index is 12.6. The number of aliphatic imine (C=N–C) groups is 1. The molecule has 2 aromatic rings. The van der Waals surface area contributed by atoms with Gasteiger partial charge in [0.2, 0.25) is 0 Å². The highest BCUT2D eigenvalue weighted by atomic mass is 127. The summed E-state index contributed by atoms with van der Waals surface area (Å²) < 4.78 is 34.8. The van der Waals surface area contributed by atoms with E-state index in [-0.39, 0.29) is 42.8 Å². The van der Waals surface area contributed by atoms with E-state index in [9.17, 15) is 13.9 Å². The number of nitrogens with zero attached hydrogens (tertiary/aromatic N) is 1. The van der Waals surface area contributed by atoms with Crippen LogP contribution >= 0.6 is 35.6 Å². The third kappa shape index (κ3) is 8.49. The predicted molar refractivity (Wildman–Crippen MR) is 124 cm³/mol. The Balaban J connectivity index is 0.00000450. The van der Waals surface area contributed by atoms with Gasteiger partial charge in [-0.05, 0) is 42.8 Å². The second kappa shape index (κ2) is 13.5. The van der Waals surface area contributed by atoms with E-state index in [0.29, 0.717) is 28.8 Å². The Hall–Kier alpha value is -1.85. The fourth-order valence-electron chi connectivity index (χ4n) is 2.53. The van der Waals surface area contributed by atoms with Crippen LogP contribution in [0.25, 0.3) is 0 Å². The Morgan fingerprint density at radius 3 is 2.47 bits per heavy atom. The Morgan fingerprint density at radius 2 is 1.87 bits per heavy atom. The lowest BCUT2D eigenvalue weighted by Crippen LogP contribution is -2.39. The van der Waals surface area contributed by atoms with Crippen LogP contribution in [0, 0.1) is 0 Å². The largest absolute Gasteiger partial charge is 0.497 e. The fourth-order valence-corrected chi connectivity index (χ4v) is 2.72. The molecule has 1 unspecified atom stereocenters. The van der Waals surface area contributed by atoms with Crippen molar-refractivity contribution in [3.8, 4) is 11.5 Å². The number of benzene rings is 2. The molecule has 2 aromatic carbocycles. The quantitative estimate of drug-likeness (QED) is 0.244. The van der Waals surface area contributed by atoms with Crippen molar-refractivity contribution < 1.29 is 23.4 Å². The molecule has 30 heavy (non-hydrogen) atoms. The van der Waals surface area contributed by atoms with Gasteiger partial charge in [0.1, 0.15) is 11.5 Å². The van der Waals surface area contributed by atoms with Crippen LogP contribution in [0.5, 0.6) is 11.5 Å². The molecule has 0 fully saturated rings. The van der Waals surface area contributed by atoms with Crippen LogP contribution in [0.4, 0.5) is 8.78 Å². The van der Waals surface area contributed by atoms with Crippen molar-refractivity contribution in [1.29, 1.82) is 0 Å². The third-order valence-electron chi connectivity index (χ3n) is 3.95. The van der Waals surface area contributed by atoms with Crippen molar-refractivity contribution >= 4 is 41.5 Å². The summed E-state index contributed by atoms with van der Waals surface area (Å²) >= 11 is 5.96. The first-order valence-electron chi connectivity index (χ1n) is 9.00. The van der Waals surface area contributed by atoms with Crippen molar-refractivity contribution in [2.45, 2.75) is 26.2 Å². The van der Waals surface area contributed by atoms with Crippen LogP contribution in [-0.2, 0) is 6.54 Å². The van der Waals surface area contributed by atoms with Gasteiger partial charge in [-0.25, -0.2) is 4.99 Å². The number of aliphatic hydroxyl groups excluding tert-OH is 1. The van der Waals surface area contributed by atoms with Crippen molar-refractivity contribution in [2.24, 2.45) is 4.99 Å². The number of methoxy groups -OCH3 is 1. The number of nitrogens with one attached hydrogen (secondary N) is 2. The van der Waals surface area contributed by atoms with Crippen LogP contribution < -0.4 is 20.1 Å². The molecule has 0 aliphatic heterocycles. The lowest BCUT2D eigenvalue weighted by atomic mass is 10.1. The van der Waals surface area contributed by atoms with Gasteiger partial charge in [0.05, 0.1) is 19.8 Å². The number of guanidine groups is 1. The summed E-state index contributed by atoms with van der Waals surface area (Å²) in [6.07, 6.45) is -0.770. The molecule has 2 rings (SSSR count). The maximum absolute atomic E-state index is 12.6. The Morgan fingerprint density at radius 1 is 1.17 bits per heavy atom. The minimum absolute atomic E-state index is 0. The molecule has 0 heterocycles. The average Bonchev–Trinajstić information content (AvgIpc) is 2.71. The molecule has 0 spiro atoms. The number of hydrogen-bond acceptors (Lipinski definition) is 4. The van der Waals surface area contributed by atoms with Crippen molar-refractivity contribution in [2.75, 3.05) is 20.2 Å². The molecule has 0 radical (unpaired) electrons. The fraction of sp³-hybridized carbons (Fsp3) is 0.350. The highest BCUT2D eigenvalue weighted by molar-refractivity contribution is 14.0. The normalized spacial score (nSPS) is 12.2. The van der Waals surface area contributed by atoms with E-state index in [2.05, 4.69) is 20.4 Å². The highest BCUT2D eigenvalue weighted by Gasteiger charge is 2.12. The molecule has 3 N–H and O–H groups in total. The lowest BCUT2D eigenvalue weighted by Gasteiger charge is -2.16. The van der Waals surface area contributed by atoms with Gasteiger partial charge < -0.3 is 25.2 Å². The average molecular weight is 556 g/mol. The molecule has 166 valence electrons. The molecule has 0 aliphatic rings. The van der Waals surface area contributed by atoms with E-state index in [1.165, 1.54) is 18.2 Å². The summed E-state index contributed by atoms with van der Waals surface area (Å²) in [6, 6.07) is 11.5. The second-order valence-electron chi connectivity index (χ2n) is 6.00. The number of halogens is 4. The van der Waals surface area contributed by atoms with Gasteiger partial charge >= 0.3 is 6.61 Å². The number of hydrogen-bond donors (Lipinski definition) is 3. The molecule has 0 saturated carbocycles. The van der Waals surface area contributed by atoms with Gasteiger partial charge in [0.25, 0.3) is 0 Å². The van der Waals surface area contributed by atoms with Crippen molar-refractivity contribution in [1.82, 2.24) is 10.6 Å². The molecule has 1 atom stereocenters. The first-order chi connectivity index (χ1) is 13.9. The molecule has 0 bridgehead atoms. The van der Waals surface area contributed by atoms with Gasteiger partial charge in [-0.15, -0.1) is 24.0 Å².